The largest absolute Gasteiger partial charge is 0.317 e. The van der Waals surface area contributed by atoms with Crippen molar-refractivity contribution in [1.82, 2.24) is 0 Å². The Bertz CT molecular complexity index is 107. The number of nitriles is 1. The Morgan fingerprint density at radius 2 is 2.50 bits per heavy atom. The summed E-state index contributed by atoms with van der Waals surface area (Å²) < 4.78 is 0. The van der Waals surface area contributed by atoms with Crippen molar-refractivity contribution in [3.05, 3.63) is 0 Å². The molecule has 0 saturated carbocycles. The number of hydrogen-bond donors (Lipinski definition) is 0. The molecule has 0 radical (unpaired) electrons. The lowest BCUT2D eigenvalue weighted by Crippen LogP contribution is -1.59. The van der Waals surface area contributed by atoms with Crippen molar-refractivity contribution in [1.29, 1.82) is 5.26 Å². The van der Waals surface area contributed by atoms with Gasteiger partial charge in [0.15, 0.2) is 0 Å². The molecule has 0 heterocycles. The molecule has 0 aliphatic heterocycles. The van der Waals surface area contributed by atoms with Crippen molar-refractivity contribution in [3.63, 3.8) is 0 Å². The van der Waals surface area contributed by atoms with Crippen molar-refractivity contribution in [2.75, 3.05) is 0 Å². The van der Waals surface area contributed by atoms with E-state index >= 15 is 0 Å². The molecular formula is C2N2O2. The molecule has 0 spiro atoms. The van der Waals surface area contributed by atoms with E-state index in [9.17, 15) is 0 Å². The number of carbonyl (C=O) groups excluding carboxylic acids is 1. The summed E-state index contributed by atoms with van der Waals surface area (Å²) >= 11 is 0. The van der Waals surface area contributed by atoms with Gasteiger partial charge in [0.05, 0.1) is 0 Å². The molecule has 0 amide bonds. The van der Waals surface area contributed by atoms with Crippen LogP contribution >= 0.6 is 0 Å². The van der Waals surface area contributed by atoms with Crippen LogP contribution in [-0.4, -0.2) is 6.08 Å². The topological polar surface area (TPSA) is 62.4 Å². The van der Waals surface area contributed by atoms with E-state index in [2.05, 4.69) is 9.99 Å². The fourth-order valence-electron chi connectivity index (χ4n) is 0.0390. The Hall–Kier alpha value is -1.33. The molecule has 0 aliphatic rings. The molecule has 0 aromatic rings. The molecule has 0 rings (SSSR count). The van der Waals surface area contributed by atoms with Crippen molar-refractivity contribution in [3.8, 4) is 6.26 Å². The second kappa shape index (κ2) is 3.67. The summed E-state index contributed by atoms with van der Waals surface area (Å²) in [6, 6.07) is 0. The maximum absolute atomic E-state index is 9.00. The molecule has 30 valence electrons. The molecule has 0 bridgehead atoms. The van der Waals surface area contributed by atoms with E-state index in [1.54, 1.807) is 0 Å². The fourth-order valence-corrected chi connectivity index (χ4v) is 0.0390. The Balaban J connectivity index is 3.16. The van der Waals surface area contributed by atoms with Crippen LogP contribution in [0.15, 0.2) is 5.16 Å². The van der Waals surface area contributed by atoms with Crippen LogP contribution in [0, 0.1) is 11.5 Å². The molecule has 0 fully saturated rings. The van der Waals surface area contributed by atoms with Gasteiger partial charge >= 0.3 is 6.26 Å². The number of hydrogen-bond acceptors (Lipinski definition) is 4. The second-order valence-electron chi connectivity index (χ2n) is 0.365. The summed E-state index contributed by atoms with van der Waals surface area (Å²) in [5, 5.41) is 9.88. The Kier molecular flexibility index (Phi) is 2.86. The molecule has 6 heavy (non-hydrogen) atoms. The maximum atomic E-state index is 9.00. The zero-order chi connectivity index (χ0) is 4.83. The van der Waals surface area contributed by atoms with Gasteiger partial charge in [-0.25, -0.2) is 4.79 Å². The van der Waals surface area contributed by atoms with Crippen LogP contribution in [0.25, 0.3) is 0 Å². The number of isocyanates is 1. The Labute approximate surface area is 33.6 Å². The zero-order valence-electron chi connectivity index (χ0n) is 2.71. The zero-order valence-corrected chi connectivity index (χ0v) is 2.71. The minimum Gasteiger partial charge on any atom is -0.264 e. The second-order valence-corrected chi connectivity index (χ2v) is 0.365. The first-order valence-electron chi connectivity index (χ1n) is 1.04. The fraction of sp³-hybridized carbons (Fsp3) is 0. The van der Waals surface area contributed by atoms with E-state index in [0.717, 1.165) is 12.3 Å². The van der Waals surface area contributed by atoms with Gasteiger partial charge in [-0.2, -0.15) is 0 Å². The molecule has 0 aromatic heterocycles. The average molecular weight is 84.0 g/mol. The average Bonchev–Trinajstić information content (AvgIpc) is 1.61. The summed E-state index contributed by atoms with van der Waals surface area (Å²) in [7, 11) is 0. The molecule has 0 aliphatic carbocycles. The first kappa shape index (κ1) is 4.67. The summed E-state index contributed by atoms with van der Waals surface area (Å²) in [5.41, 5.74) is 0. The number of rotatable bonds is 1. The molecule has 0 saturated heterocycles. The predicted molar refractivity (Wildman–Crippen MR) is 14.8 cm³/mol. The minimum atomic E-state index is 0.999. The molecule has 0 unspecified atom stereocenters. The van der Waals surface area contributed by atoms with Gasteiger partial charge in [-0.15, -0.1) is 5.26 Å². The molecule has 0 atom stereocenters. The van der Waals surface area contributed by atoms with Gasteiger partial charge in [-0.3, -0.25) is 4.84 Å². The molecule has 0 N–H and O–H groups in total. The highest BCUT2D eigenvalue weighted by molar-refractivity contribution is 5.31. The van der Waals surface area contributed by atoms with Gasteiger partial charge < -0.3 is 0 Å². The Morgan fingerprint density at radius 3 is 2.67 bits per heavy atom. The van der Waals surface area contributed by atoms with Gasteiger partial charge in [0.2, 0.25) is 0 Å². The normalized spacial score (nSPS) is 4.50. The smallest absolute Gasteiger partial charge is 0.264 e. The van der Waals surface area contributed by atoms with Crippen molar-refractivity contribution in [2.24, 2.45) is 5.16 Å². The number of nitrogens with zero attached hydrogens (tertiary/aromatic N) is 2. The van der Waals surface area contributed by atoms with Crippen LogP contribution < -0.4 is 0 Å². The third-order valence-corrected chi connectivity index (χ3v) is 0.124. The molecule has 4 nitrogen and oxygen atoms in total. The SMILES string of the molecule is N#CON=C=O. The van der Waals surface area contributed by atoms with E-state index in [1.165, 1.54) is 0 Å². The van der Waals surface area contributed by atoms with Crippen LogP contribution in [0.4, 0.5) is 0 Å². The van der Waals surface area contributed by atoms with Crippen LogP contribution in [0.1, 0.15) is 0 Å². The maximum Gasteiger partial charge on any atom is 0.317 e. The van der Waals surface area contributed by atoms with Gasteiger partial charge in [0.25, 0.3) is 6.08 Å². The van der Waals surface area contributed by atoms with Gasteiger partial charge in [0.1, 0.15) is 0 Å². The highest BCUT2D eigenvalue weighted by Crippen LogP contribution is 1.59. The third kappa shape index (κ3) is 2.67. The van der Waals surface area contributed by atoms with Crippen molar-refractivity contribution in [2.45, 2.75) is 0 Å². The van der Waals surface area contributed by atoms with Gasteiger partial charge in [0, 0.05) is 5.16 Å². The third-order valence-electron chi connectivity index (χ3n) is 0.124. The highest BCUT2D eigenvalue weighted by Gasteiger charge is 1.59. The predicted octanol–water partition coefficient (Wildman–Crippen LogP) is -0.265. The minimum absolute atomic E-state index is 0.999. The first-order chi connectivity index (χ1) is 2.91. The summed E-state index contributed by atoms with van der Waals surface area (Å²) in [4.78, 5) is 12.5. The van der Waals surface area contributed by atoms with E-state index in [0.29, 0.717) is 0 Å². The standard InChI is InChI=1S/C2N2O2/c3-1-6-4-2-5. The summed E-state index contributed by atoms with van der Waals surface area (Å²) in [6.07, 6.45) is 2.14. The lowest BCUT2D eigenvalue weighted by molar-refractivity contribution is 0.288. The van der Waals surface area contributed by atoms with Crippen LogP contribution in [0.2, 0.25) is 0 Å². The van der Waals surface area contributed by atoms with Crippen molar-refractivity contribution >= 4 is 6.08 Å². The molecule has 4 heteroatoms. The van der Waals surface area contributed by atoms with E-state index in [1.807, 2.05) is 0 Å². The lowest BCUT2D eigenvalue weighted by Gasteiger charge is -1.61. The van der Waals surface area contributed by atoms with E-state index < -0.39 is 0 Å². The molecular weight excluding hydrogens is 84.0 g/mol. The van der Waals surface area contributed by atoms with Gasteiger partial charge in [-0.1, -0.05) is 0 Å². The quantitative estimate of drug-likeness (QED) is 0.190. The Morgan fingerprint density at radius 1 is 1.83 bits per heavy atom. The summed E-state index contributed by atoms with van der Waals surface area (Å²) in [6.45, 7) is 0. The first-order valence-corrected chi connectivity index (χ1v) is 1.04. The monoisotopic (exact) mass is 84.0 g/mol. The molecule has 0 aromatic carbocycles. The van der Waals surface area contributed by atoms with Crippen molar-refractivity contribution < 1.29 is 9.63 Å². The summed E-state index contributed by atoms with van der Waals surface area (Å²) in [5.74, 6) is 0. The van der Waals surface area contributed by atoms with Crippen LogP contribution in [0.3, 0.4) is 0 Å². The highest BCUT2D eigenvalue weighted by atomic mass is 16.6. The lowest BCUT2D eigenvalue weighted by atomic mass is 11.6. The van der Waals surface area contributed by atoms with E-state index in [-0.39, 0.29) is 0 Å². The van der Waals surface area contributed by atoms with E-state index in [4.69, 9.17) is 10.1 Å². The van der Waals surface area contributed by atoms with Gasteiger partial charge in [-0.05, 0) is 0 Å². The van der Waals surface area contributed by atoms with Crippen LogP contribution in [-0.2, 0) is 9.63 Å². The van der Waals surface area contributed by atoms with Crippen LogP contribution in [0.5, 0.6) is 0 Å².